The van der Waals surface area contributed by atoms with Crippen LogP contribution in [0, 0.1) is 5.82 Å². The Morgan fingerprint density at radius 1 is 0.946 bits per heavy atom. The van der Waals surface area contributed by atoms with Gasteiger partial charge < -0.3 is 9.80 Å². The SMILES string of the molecule is O=C(c1cc(Cn2c(=O)[nH]c(=O)c3ccccc32)ccc1F)N1CCN(c2nsc3ccccc23)CC1. The summed E-state index contributed by atoms with van der Waals surface area (Å²) >= 11 is 1.45. The van der Waals surface area contributed by atoms with Gasteiger partial charge in [-0.25, -0.2) is 9.18 Å². The number of carbonyl (C=O) groups excluding carboxylic acids is 1. The average Bonchev–Trinajstić information content (AvgIpc) is 3.36. The number of aromatic nitrogens is 3. The van der Waals surface area contributed by atoms with Crippen LogP contribution in [0.25, 0.3) is 21.0 Å². The highest BCUT2D eigenvalue weighted by atomic mass is 32.1. The summed E-state index contributed by atoms with van der Waals surface area (Å²) in [6.45, 7) is 2.16. The Balaban J connectivity index is 1.23. The number of amides is 1. The molecule has 0 radical (unpaired) electrons. The number of carbonyl (C=O) groups is 1. The third kappa shape index (κ3) is 4.19. The number of hydrogen-bond donors (Lipinski definition) is 1. The molecule has 8 nitrogen and oxygen atoms in total. The molecule has 1 saturated heterocycles. The van der Waals surface area contributed by atoms with Crippen LogP contribution in [0.4, 0.5) is 10.2 Å². The zero-order chi connectivity index (χ0) is 25.5. The Hall–Kier alpha value is -4.31. The molecule has 10 heteroatoms. The van der Waals surface area contributed by atoms with Crippen LogP contribution in [0.1, 0.15) is 15.9 Å². The Kier molecular flexibility index (Phi) is 5.80. The van der Waals surface area contributed by atoms with Crippen molar-refractivity contribution < 1.29 is 9.18 Å². The summed E-state index contributed by atoms with van der Waals surface area (Å²) in [5.41, 5.74) is -0.00851. The number of para-hydroxylation sites is 1. The lowest BCUT2D eigenvalue weighted by atomic mass is 10.1. The van der Waals surface area contributed by atoms with Crippen LogP contribution in [0.2, 0.25) is 0 Å². The molecule has 1 N–H and O–H groups in total. The smallest absolute Gasteiger partial charge is 0.329 e. The molecule has 2 aromatic heterocycles. The summed E-state index contributed by atoms with van der Waals surface area (Å²) in [4.78, 5) is 44.1. The monoisotopic (exact) mass is 515 g/mol. The summed E-state index contributed by atoms with van der Waals surface area (Å²) in [5.74, 6) is -0.0828. The molecule has 0 bridgehead atoms. The van der Waals surface area contributed by atoms with E-state index in [0.717, 1.165) is 15.9 Å². The van der Waals surface area contributed by atoms with E-state index in [1.807, 2.05) is 24.3 Å². The predicted molar refractivity (Wildman–Crippen MR) is 142 cm³/mol. The maximum atomic E-state index is 14.8. The molecule has 1 fully saturated rings. The van der Waals surface area contributed by atoms with Gasteiger partial charge in [0.1, 0.15) is 11.6 Å². The van der Waals surface area contributed by atoms with Gasteiger partial charge in [-0.15, -0.1) is 0 Å². The number of aromatic amines is 1. The molecule has 186 valence electrons. The predicted octanol–water partition coefficient (Wildman–Crippen LogP) is 3.45. The zero-order valence-electron chi connectivity index (χ0n) is 19.7. The molecular weight excluding hydrogens is 493 g/mol. The number of nitrogens with one attached hydrogen (secondary N) is 1. The topological polar surface area (TPSA) is 91.3 Å². The van der Waals surface area contributed by atoms with E-state index in [4.69, 9.17) is 0 Å². The fourth-order valence-corrected chi connectivity index (χ4v) is 5.60. The Bertz CT molecular complexity index is 1770. The standard InChI is InChI=1S/C27H22FN5O3S/c28-21-10-9-17(16-33-22-7-3-1-5-18(22)25(34)29-27(33)36)15-20(21)26(35)32-13-11-31(12-14-32)24-19-6-2-4-8-23(19)37-30-24/h1-10,15H,11-14,16H2,(H,29,34,36). The van der Waals surface area contributed by atoms with E-state index in [1.54, 1.807) is 35.2 Å². The number of hydrogen-bond acceptors (Lipinski definition) is 6. The van der Waals surface area contributed by atoms with Crippen LogP contribution in [-0.4, -0.2) is 50.9 Å². The molecule has 0 spiro atoms. The van der Waals surface area contributed by atoms with E-state index in [2.05, 4.69) is 14.3 Å². The first-order valence-corrected chi connectivity index (χ1v) is 12.7. The van der Waals surface area contributed by atoms with Gasteiger partial charge in [0, 0.05) is 31.6 Å². The van der Waals surface area contributed by atoms with Gasteiger partial charge in [-0.05, 0) is 53.5 Å². The summed E-state index contributed by atoms with van der Waals surface area (Å²) in [7, 11) is 0. The summed E-state index contributed by atoms with van der Waals surface area (Å²) in [6, 6.07) is 19.1. The van der Waals surface area contributed by atoms with Crippen LogP contribution >= 0.6 is 11.5 Å². The maximum absolute atomic E-state index is 14.8. The average molecular weight is 516 g/mol. The Labute approximate surface area is 214 Å². The summed E-state index contributed by atoms with van der Waals surface area (Å²) < 4.78 is 21.9. The highest BCUT2D eigenvalue weighted by Gasteiger charge is 2.26. The first-order chi connectivity index (χ1) is 18.0. The lowest BCUT2D eigenvalue weighted by molar-refractivity contribution is 0.0742. The van der Waals surface area contributed by atoms with Gasteiger partial charge >= 0.3 is 5.69 Å². The molecule has 1 aliphatic rings. The fraction of sp³-hybridized carbons (Fsp3) is 0.185. The van der Waals surface area contributed by atoms with Crippen molar-refractivity contribution in [2.24, 2.45) is 0 Å². The molecule has 3 aromatic carbocycles. The maximum Gasteiger partial charge on any atom is 0.329 e. The second kappa shape index (κ2) is 9.29. The number of piperazine rings is 1. The van der Waals surface area contributed by atoms with Crippen molar-refractivity contribution in [3.63, 3.8) is 0 Å². The molecule has 6 rings (SSSR count). The van der Waals surface area contributed by atoms with Gasteiger partial charge in [-0.1, -0.05) is 30.3 Å². The van der Waals surface area contributed by atoms with Crippen LogP contribution in [0.5, 0.6) is 0 Å². The van der Waals surface area contributed by atoms with E-state index in [0.29, 0.717) is 42.6 Å². The lowest BCUT2D eigenvalue weighted by Gasteiger charge is -2.35. The lowest BCUT2D eigenvalue weighted by Crippen LogP contribution is -2.49. The molecular formula is C27H22FN5O3S. The second-order valence-corrected chi connectivity index (χ2v) is 9.76. The van der Waals surface area contributed by atoms with Crippen molar-refractivity contribution in [3.05, 3.63) is 105 Å². The minimum absolute atomic E-state index is 0.0353. The first kappa shape index (κ1) is 23.1. The first-order valence-electron chi connectivity index (χ1n) is 11.9. The van der Waals surface area contributed by atoms with E-state index in [1.165, 1.54) is 28.2 Å². The van der Waals surface area contributed by atoms with E-state index >= 15 is 0 Å². The Morgan fingerprint density at radius 3 is 2.49 bits per heavy atom. The summed E-state index contributed by atoms with van der Waals surface area (Å²) in [5, 5.41) is 1.47. The van der Waals surface area contributed by atoms with Crippen LogP contribution < -0.4 is 16.1 Å². The van der Waals surface area contributed by atoms with Gasteiger partial charge in [0.2, 0.25) is 0 Å². The zero-order valence-corrected chi connectivity index (χ0v) is 20.5. The number of fused-ring (bicyclic) bond motifs is 2. The third-order valence-corrected chi connectivity index (χ3v) is 7.55. The van der Waals surface area contributed by atoms with Gasteiger partial charge in [-0.2, -0.15) is 4.37 Å². The molecule has 0 aliphatic carbocycles. The van der Waals surface area contributed by atoms with Crippen molar-refractivity contribution >= 4 is 44.2 Å². The minimum Gasteiger partial charge on any atom is -0.352 e. The highest BCUT2D eigenvalue weighted by molar-refractivity contribution is 7.13. The number of nitrogens with zero attached hydrogens (tertiary/aromatic N) is 4. The molecule has 0 unspecified atom stereocenters. The number of H-pyrrole nitrogens is 1. The quantitative estimate of drug-likeness (QED) is 0.396. The fourth-order valence-electron chi connectivity index (χ4n) is 4.81. The van der Waals surface area contributed by atoms with Crippen LogP contribution in [0.3, 0.4) is 0 Å². The molecule has 1 aliphatic heterocycles. The van der Waals surface area contributed by atoms with E-state index in [-0.39, 0.29) is 18.0 Å². The normalized spacial score (nSPS) is 14.0. The van der Waals surface area contributed by atoms with E-state index < -0.39 is 17.1 Å². The van der Waals surface area contributed by atoms with Gasteiger partial charge in [-0.3, -0.25) is 19.1 Å². The number of benzene rings is 3. The van der Waals surface area contributed by atoms with Gasteiger partial charge in [0.25, 0.3) is 11.5 Å². The van der Waals surface area contributed by atoms with Crippen LogP contribution in [0.15, 0.2) is 76.3 Å². The number of rotatable bonds is 4. The van der Waals surface area contributed by atoms with E-state index in [9.17, 15) is 18.8 Å². The second-order valence-electron chi connectivity index (χ2n) is 8.96. The van der Waals surface area contributed by atoms with Crippen molar-refractivity contribution in [2.45, 2.75) is 6.54 Å². The van der Waals surface area contributed by atoms with Crippen molar-refractivity contribution in [2.75, 3.05) is 31.1 Å². The van der Waals surface area contributed by atoms with Crippen molar-refractivity contribution in [1.29, 1.82) is 0 Å². The van der Waals surface area contributed by atoms with Crippen molar-refractivity contribution in [1.82, 2.24) is 18.8 Å². The minimum atomic E-state index is -0.611. The van der Waals surface area contributed by atoms with Crippen molar-refractivity contribution in [3.8, 4) is 0 Å². The largest absolute Gasteiger partial charge is 0.352 e. The molecule has 5 aromatic rings. The summed E-state index contributed by atoms with van der Waals surface area (Å²) in [6.07, 6.45) is 0. The van der Waals surface area contributed by atoms with Crippen LogP contribution in [-0.2, 0) is 6.54 Å². The Morgan fingerprint density at radius 2 is 1.68 bits per heavy atom. The molecule has 0 saturated carbocycles. The number of anilines is 1. The van der Waals surface area contributed by atoms with Gasteiger partial charge in [0.15, 0.2) is 0 Å². The molecule has 0 atom stereocenters. The molecule has 1 amide bonds. The third-order valence-electron chi connectivity index (χ3n) is 6.73. The number of halogens is 1. The molecule has 37 heavy (non-hydrogen) atoms. The van der Waals surface area contributed by atoms with Gasteiger partial charge in [0.05, 0.1) is 27.7 Å². The highest BCUT2D eigenvalue weighted by Crippen LogP contribution is 2.30. The molecule has 3 heterocycles.